The van der Waals surface area contributed by atoms with E-state index in [1.165, 1.54) is 0 Å². The van der Waals surface area contributed by atoms with Crippen LogP contribution in [0.15, 0.2) is 85.5 Å². The van der Waals surface area contributed by atoms with E-state index in [2.05, 4.69) is 6.58 Å². The van der Waals surface area contributed by atoms with Gasteiger partial charge in [-0.3, -0.25) is 0 Å². The highest BCUT2D eigenvalue weighted by Crippen LogP contribution is 2.23. The first-order chi connectivity index (χ1) is 16.0. The summed E-state index contributed by atoms with van der Waals surface area (Å²) in [5.41, 5.74) is 2.84. The van der Waals surface area contributed by atoms with E-state index in [0.29, 0.717) is 36.0 Å². The molecule has 0 aliphatic heterocycles. The molecule has 1 atom stereocenters. The lowest BCUT2D eigenvalue weighted by Gasteiger charge is -2.10. The molecule has 0 heterocycles. The number of hydrogen-bond donors (Lipinski definition) is 0. The molecular weight excluding hydrogens is 416 g/mol. The van der Waals surface area contributed by atoms with Crippen LogP contribution in [0.4, 0.5) is 0 Å². The average molecular weight is 445 g/mol. The van der Waals surface area contributed by atoms with Crippen molar-refractivity contribution in [2.45, 2.75) is 20.3 Å². The van der Waals surface area contributed by atoms with Crippen molar-refractivity contribution < 1.29 is 23.8 Å². The van der Waals surface area contributed by atoms with Crippen LogP contribution in [0.1, 0.15) is 41.0 Å². The summed E-state index contributed by atoms with van der Waals surface area (Å²) in [7, 11) is 0. The molecule has 0 bridgehead atoms. The molecular formula is C28H28O5. The number of ether oxygens (including phenoxy) is 3. The second-order valence-electron chi connectivity index (χ2n) is 7.73. The molecule has 3 aromatic carbocycles. The van der Waals surface area contributed by atoms with Gasteiger partial charge in [-0.2, -0.15) is 0 Å². The quantitative estimate of drug-likeness (QED) is 0.207. The number of benzene rings is 3. The molecule has 0 saturated carbocycles. The van der Waals surface area contributed by atoms with Gasteiger partial charge in [0.2, 0.25) is 0 Å². The predicted octanol–water partition coefficient (Wildman–Crippen LogP) is 6.34. The van der Waals surface area contributed by atoms with Crippen molar-refractivity contribution in [3.8, 4) is 22.6 Å². The maximum absolute atomic E-state index is 12.5. The molecule has 170 valence electrons. The van der Waals surface area contributed by atoms with E-state index in [0.717, 1.165) is 23.3 Å². The maximum atomic E-state index is 12.5. The van der Waals surface area contributed by atoms with Gasteiger partial charge in [0, 0.05) is 0 Å². The van der Waals surface area contributed by atoms with Crippen LogP contribution in [0, 0.1) is 5.92 Å². The Morgan fingerprint density at radius 1 is 0.818 bits per heavy atom. The monoisotopic (exact) mass is 444 g/mol. The number of hydrogen-bond acceptors (Lipinski definition) is 5. The Hall–Kier alpha value is -3.86. The van der Waals surface area contributed by atoms with E-state index in [-0.39, 0.29) is 5.97 Å². The summed E-state index contributed by atoms with van der Waals surface area (Å²) in [6.45, 7) is 8.55. The van der Waals surface area contributed by atoms with Crippen molar-refractivity contribution in [2.75, 3.05) is 13.2 Å². The molecule has 0 spiro atoms. The number of esters is 2. The van der Waals surface area contributed by atoms with Gasteiger partial charge in [-0.25, -0.2) is 9.59 Å². The number of carbonyl (C=O) groups is 2. The zero-order valence-electron chi connectivity index (χ0n) is 19.0. The topological polar surface area (TPSA) is 61.8 Å². The van der Waals surface area contributed by atoms with Gasteiger partial charge in [-0.15, -0.1) is 0 Å². The van der Waals surface area contributed by atoms with Crippen molar-refractivity contribution in [3.63, 3.8) is 0 Å². The Morgan fingerprint density at radius 2 is 1.33 bits per heavy atom. The van der Waals surface area contributed by atoms with Gasteiger partial charge in [0.25, 0.3) is 0 Å². The summed E-state index contributed by atoms with van der Waals surface area (Å²) in [5.74, 6) is 0.591. The van der Waals surface area contributed by atoms with Crippen LogP contribution < -0.4 is 9.47 Å². The number of rotatable bonds is 10. The smallest absolute Gasteiger partial charge is 0.343 e. The van der Waals surface area contributed by atoms with E-state index in [1.807, 2.05) is 50.2 Å². The molecule has 0 aliphatic rings. The fourth-order valence-corrected chi connectivity index (χ4v) is 2.94. The Balaban J connectivity index is 1.58. The highest BCUT2D eigenvalue weighted by Gasteiger charge is 2.12. The highest BCUT2D eigenvalue weighted by molar-refractivity contribution is 5.92. The van der Waals surface area contributed by atoms with Crippen molar-refractivity contribution in [2.24, 2.45) is 5.92 Å². The van der Waals surface area contributed by atoms with Gasteiger partial charge < -0.3 is 14.2 Å². The van der Waals surface area contributed by atoms with Crippen LogP contribution in [0.25, 0.3) is 11.1 Å². The zero-order chi connectivity index (χ0) is 23.6. The van der Waals surface area contributed by atoms with E-state index in [1.54, 1.807) is 42.5 Å². The largest absolute Gasteiger partial charge is 0.490 e. The summed E-state index contributed by atoms with van der Waals surface area (Å²) < 4.78 is 16.2. The molecule has 1 unspecified atom stereocenters. The molecule has 5 nitrogen and oxygen atoms in total. The molecule has 3 rings (SSSR count). The lowest BCUT2D eigenvalue weighted by Crippen LogP contribution is -2.12. The third kappa shape index (κ3) is 6.81. The van der Waals surface area contributed by atoms with Crippen molar-refractivity contribution >= 4 is 11.9 Å². The standard InChI is InChI=1S/C28H28O5/c1-4-18-31-25-14-10-22(11-15-25)21-6-8-24(9-7-21)28(30)33-26-16-12-23(13-17-26)27(29)32-19-20(3)5-2/h4,6-17,20H,1,5,18-19H2,2-3H3. The van der Waals surface area contributed by atoms with Gasteiger partial charge >= 0.3 is 11.9 Å². The molecule has 0 amide bonds. The van der Waals surface area contributed by atoms with Crippen LogP contribution in [0.2, 0.25) is 0 Å². The van der Waals surface area contributed by atoms with Gasteiger partial charge in [0.05, 0.1) is 17.7 Å². The summed E-state index contributed by atoms with van der Waals surface area (Å²) >= 11 is 0. The fourth-order valence-electron chi connectivity index (χ4n) is 2.94. The molecule has 0 aliphatic carbocycles. The third-order valence-electron chi connectivity index (χ3n) is 5.17. The molecule has 5 heteroatoms. The molecule has 33 heavy (non-hydrogen) atoms. The van der Waals surface area contributed by atoms with Crippen LogP contribution in [0.5, 0.6) is 11.5 Å². The predicted molar refractivity (Wildman–Crippen MR) is 129 cm³/mol. The first-order valence-electron chi connectivity index (χ1n) is 10.9. The molecule has 0 saturated heterocycles. The fraction of sp³-hybridized carbons (Fsp3) is 0.214. The highest BCUT2D eigenvalue weighted by atomic mass is 16.5. The Labute approximate surface area is 194 Å². The van der Waals surface area contributed by atoms with E-state index in [4.69, 9.17) is 14.2 Å². The van der Waals surface area contributed by atoms with E-state index >= 15 is 0 Å². The van der Waals surface area contributed by atoms with E-state index < -0.39 is 5.97 Å². The van der Waals surface area contributed by atoms with Crippen LogP contribution in [-0.4, -0.2) is 25.2 Å². The molecule has 0 N–H and O–H groups in total. The van der Waals surface area contributed by atoms with Gasteiger partial charge in [0.15, 0.2) is 0 Å². The van der Waals surface area contributed by atoms with Crippen molar-refractivity contribution in [1.29, 1.82) is 0 Å². The second kappa shape index (κ2) is 11.7. The first-order valence-corrected chi connectivity index (χ1v) is 10.9. The van der Waals surface area contributed by atoms with Crippen LogP contribution in [-0.2, 0) is 4.74 Å². The van der Waals surface area contributed by atoms with Gasteiger partial charge in [-0.05, 0) is 65.6 Å². The van der Waals surface area contributed by atoms with Crippen molar-refractivity contribution in [3.05, 3.63) is 96.6 Å². The minimum atomic E-state index is -0.471. The summed E-state index contributed by atoms with van der Waals surface area (Å²) in [4.78, 5) is 24.6. The lowest BCUT2D eigenvalue weighted by molar-refractivity contribution is 0.0447. The minimum Gasteiger partial charge on any atom is -0.490 e. The second-order valence-corrected chi connectivity index (χ2v) is 7.73. The van der Waals surface area contributed by atoms with Crippen molar-refractivity contribution in [1.82, 2.24) is 0 Å². The molecule has 3 aromatic rings. The van der Waals surface area contributed by atoms with Gasteiger partial charge in [-0.1, -0.05) is 57.2 Å². The average Bonchev–Trinajstić information content (AvgIpc) is 2.86. The first kappa shape index (κ1) is 23.8. The van der Waals surface area contributed by atoms with E-state index in [9.17, 15) is 9.59 Å². The summed E-state index contributed by atoms with van der Waals surface area (Å²) in [6.07, 6.45) is 2.64. The lowest BCUT2D eigenvalue weighted by atomic mass is 10.0. The summed E-state index contributed by atoms with van der Waals surface area (Å²) in [5, 5.41) is 0. The Kier molecular flexibility index (Phi) is 8.42. The zero-order valence-corrected chi connectivity index (χ0v) is 19.0. The van der Waals surface area contributed by atoms with Crippen LogP contribution in [0.3, 0.4) is 0 Å². The molecule has 0 fully saturated rings. The van der Waals surface area contributed by atoms with Crippen LogP contribution >= 0.6 is 0 Å². The van der Waals surface area contributed by atoms with Gasteiger partial charge in [0.1, 0.15) is 18.1 Å². The third-order valence-corrected chi connectivity index (χ3v) is 5.17. The maximum Gasteiger partial charge on any atom is 0.343 e. The SMILES string of the molecule is C=CCOc1ccc(-c2ccc(C(=O)Oc3ccc(C(=O)OCC(C)CC)cc3)cc2)cc1. The Bertz CT molecular complexity index is 1070. The normalized spacial score (nSPS) is 11.3. The summed E-state index contributed by atoms with van der Waals surface area (Å²) in [6, 6.07) is 21.2. The Morgan fingerprint density at radius 3 is 1.91 bits per heavy atom. The number of carbonyl (C=O) groups excluding carboxylic acids is 2. The minimum absolute atomic E-state index is 0.316. The molecule has 0 radical (unpaired) electrons. The molecule has 0 aromatic heterocycles.